The van der Waals surface area contributed by atoms with Crippen LogP contribution < -0.4 is 5.32 Å². The maximum atomic E-state index is 12.2. The second-order valence-electron chi connectivity index (χ2n) is 5.79. The Kier molecular flexibility index (Phi) is 4.74. The zero-order valence-electron chi connectivity index (χ0n) is 13.9. The number of aromatic nitrogens is 4. The molecule has 0 saturated carbocycles. The molecule has 2 aromatic heterocycles. The lowest BCUT2D eigenvalue weighted by molar-refractivity contribution is -0.122. The van der Waals surface area contributed by atoms with Crippen molar-refractivity contribution >= 4 is 5.91 Å². The average molecular weight is 323 g/mol. The van der Waals surface area contributed by atoms with Gasteiger partial charge in [0.05, 0.1) is 24.1 Å². The fourth-order valence-corrected chi connectivity index (χ4v) is 2.58. The van der Waals surface area contributed by atoms with E-state index in [0.717, 1.165) is 29.1 Å². The SMILES string of the molecule is CCC(NC(=O)Cn1cc(C)cn1)c1ncc(-c2ccccc2)[nH]1. The van der Waals surface area contributed by atoms with Crippen LogP contribution in [0.5, 0.6) is 0 Å². The number of benzene rings is 1. The van der Waals surface area contributed by atoms with Gasteiger partial charge < -0.3 is 10.3 Å². The number of nitrogens with one attached hydrogen (secondary N) is 2. The van der Waals surface area contributed by atoms with E-state index in [0.29, 0.717) is 0 Å². The van der Waals surface area contributed by atoms with Gasteiger partial charge in [-0.1, -0.05) is 37.3 Å². The van der Waals surface area contributed by atoms with Crippen LogP contribution >= 0.6 is 0 Å². The van der Waals surface area contributed by atoms with E-state index in [4.69, 9.17) is 0 Å². The number of hydrogen-bond donors (Lipinski definition) is 2. The molecule has 0 aliphatic carbocycles. The average Bonchev–Trinajstić information content (AvgIpc) is 3.23. The summed E-state index contributed by atoms with van der Waals surface area (Å²) in [4.78, 5) is 20.0. The van der Waals surface area contributed by atoms with Gasteiger partial charge in [0.2, 0.25) is 5.91 Å². The molecule has 1 unspecified atom stereocenters. The fraction of sp³-hybridized carbons (Fsp3) is 0.278. The van der Waals surface area contributed by atoms with Gasteiger partial charge in [-0.2, -0.15) is 5.10 Å². The van der Waals surface area contributed by atoms with Crippen LogP contribution in [0.1, 0.15) is 30.8 Å². The van der Waals surface area contributed by atoms with E-state index in [1.165, 1.54) is 0 Å². The van der Waals surface area contributed by atoms with E-state index in [9.17, 15) is 4.79 Å². The fourth-order valence-electron chi connectivity index (χ4n) is 2.58. The second-order valence-corrected chi connectivity index (χ2v) is 5.79. The standard InChI is InChI=1S/C18H21N5O/c1-3-15(21-17(24)12-23-11-13(2)9-20-23)18-19-10-16(22-18)14-7-5-4-6-8-14/h4-11,15H,3,12H2,1-2H3,(H,19,22)(H,21,24). The lowest BCUT2D eigenvalue weighted by Gasteiger charge is -2.14. The number of carbonyl (C=O) groups excluding carboxylic acids is 1. The third-order valence-corrected chi connectivity index (χ3v) is 3.82. The van der Waals surface area contributed by atoms with Gasteiger partial charge in [-0.05, 0) is 24.5 Å². The molecule has 0 fully saturated rings. The van der Waals surface area contributed by atoms with Crippen molar-refractivity contribution < 1.29 is 4.79 Å². The summed E-state index contributed by atoms with van der Waals surface area (Å²) in [7, 11) is 0. The molecule has 1 atom stereocenters. The molecule has 3 rings (SSSR count). The Balaban J connectivity index is 1.68. The van der Waals surface area contributed by atoms with Crippen molar-refractivity contribution in [3.63, 3.8) is 0 Å². The third kappa shape index (κ3) is 3.71. The van der Waals surface area contributed by atoms with Crippen molar-refractivity contribution in [3.8, 4) is 11.3 Å². The largest absolute Gasteiger partial charge is 0.345 e. The maximum Gasteiger partial charge on any atom is 0.242 e. The minimum atomic E-state index is -0.147. The van der Waals surface area contributed by atoms with Gasteiger partial charge in [-0.15, -0.1) is 0 Å². The van der Waals surface area contributed by atoms with E-state index in [-0.39, 0.29) is 18.5 Å². The molecular weight excluding hydrogens is 302 g/mol. The normalized spacial score (nSPS) is 12.1. The third-order valence-electron chi connectivity index (χ3n) is 3.82. The molecule has 6 nitrogen and oxygen atoms in total. The van der Waals surface area contributed by atoms with Gasteiger partial charge in [0.15, 0.2) is 0 Å². The molecule has 6 heteroatoms. The Labute approximate surface area is 140 Å². The van der Waals surface area contributed by atoms with Crippen LogP contribution in [0.25, 0.3) is 11.3 Å². The van der Waals surface area contributed by atoms with Crippen molar-refractivity contribution in [3.05, 3.63) is 60.3 Å². The minimum Gasteiger partial charge on any atom is -0.345 e. The molecule has 24 heavy (non-hydrogen) atoms. The summed E-state index contributed by atoms with van der Waals surface area (Å²) < 4.78 is 1.63. The Morgan fingerprint density at radius 2 is 2.08 bits per heavy atom. The summed E-state index contributed by atoms with van der Waals surface area (Å²) in [6.45, 7) is 4.18. The molecule has 0 saturated heterocycles. The summed E-state index contributed by atoms with van der Waals surface area (Å²) in [6, 6.07) is 9.86. The van der Waals surface area contributed by atoms with Gasteiger partial charge in [-0.25, -0.2) is 4.98 Å². The zero-order valence-corrected chi connectivity index (χ0v) is 13.9. The lowest BCUT2D eigenvalue weighted by atomic mass is 10.2. The molecule has 124 valence electrons. The highest BCUT2D eigenvalue weighted by atomic mass is 16.2. The molecule has 2 heterocycles. The van der Waals surface area contributed by atoms with Gasteiger partial charge in [-0.3, -0.25) is 9.48 Å². The minimum absolute atomic E-state index is 0.0809. The van der Waals surface area contributed by atoms with Crippen LogP contribution in [-0.2, 0) is 11.3 Å². The van der Waals surface area contributed by atoms with E-state index in [1.54, 1.807) is 17.1 Å². The van der Waals surface area contributed by atoms with Crippen molar-refractivity contribution in [2.24, 2.45) is 0 Å². The topological polar surface area (TPSA) is 75.6 Å². The van der Waals surface area contributed by atoms with Crippen molar-refractivity contribution in [2.75, 3.05) is 0 Å². The quantitative estimate of drug-likeness (QED) is 0.732. The molecule has 2 N–H and O–H groups in total. The van der Waals surface area contributed by atoms with Gasteiger partial charge in [0, 0.05) is 6.20 Å². The molecule has 0 spiro atoms. The number of amides is 1. The Morgan fingerprint density at radius 1 is 1.29 bits per heavy atom. The number of carbonyl (C=O) groups is 1. The number of H-pyrrole nitrogens is 1. The molecule has 0 aliphatic heterocycles. The van der Waals surface area contributed by atoms with Crippen LogP contribution in [0.2, 0.25) is 0 Å². The Hall–Kier alpha value is -2.89. The van der Waals surface area contributed by atoms with Crippen LogP contribution in [0.3, 0.4) is 0 Å². The molecule has 0 bridgehead atoms. The van der Waals surface area contributed by atoms with Crippen molar-refractivity contribution in [1.29, 1.82) is 0 Å². The summed E-state index contributed by atoms with van der Waals surface area (Å²) in [5.41, 5.74) is 3.05. The second kappa shape index (κ2) is 7.12. The molecular formula is C18H21N5O. The number of hydrogen-bond acceptors (Lipinski definition) is 3. The predicted molar refractivity (Wildman–Crippen MR) is 92.2 cm³/mol. The molecule has 1 amide bonds. The smallest absolute Gasteiger partial charge is 0.242 e. The first kappa shape index (κ1) is 16.0. The number of rotatable bonds is 6. The Bertz CT molecular complexity index is 806. The molecule has 0 aliphatic rings. The highest BCUT2D eigenvalue weighted by Gasteiger charge is 2.16. The predicted octanol–water partition coefficient (Wildman–Crippen LogP) is 2.85. The number of aromatic amines is 1. The highest BCUT2D eigenvalue weighted by Crippen LogP contribution is 2.20. The monoisotopic (exact) mass is 323 g/mol. The number of imidazole rings is 1. The molecule has 1 aromatic carbocycles. The summed E-state index contributed by atoms with van der Waals surface area (Å²) in [5, 5.41) is 7.15. The first-order chi connectivity index (χ1) is 11.7. The van der Waals surface area contributed by atoms with Gasteiger partial charge in [0.1, 0.15) is 12.4 Å². The first-order valence-electron chi connectivity index (χ1n) is 8.04. The van der Waals surface area contributed by atoms with Gasteiger partial charge in [0.25, 0.3) is 0 Å². The summed E-state index contributed by atoms with van der Waals surface area (Å²) in [6.07, 6.45) is 6.14. The van der Waals surface area contributed by atoms with E-state index >= 15 is 0 Å². The highest BCUT2D eigenvalue weighted by molar-refractivity contribution is 5.76. The first-order valence-corrected chi connectivity index (χ1v) is 8.04. The van der Waals surface area contributed by atoms with Crippen LogP contribution in [-0.4, -0.2) is 25.7 Å². The maximum absolute atomic E-state index is 12.2. The van der Waals surface area contributed by atoms with Crippen LogP contribution in [0.15, 0.2) is 48.9 Å². The summed E-state index contributed by atoms with van der Waals surface area (Å²) in [5.74, 6) is 0.684. The van der Waals surface area contributed by atoms with Gasteiger partial charge >= 0.3 is 0 Å². The summed E-state index contributed by atoms with van der Waals surface area (Å²) >= 11 is 0. The molecule has 3 aromatic rings. The van der Waals surface area contributed by atoms with Crippen molar-refractivity contribution in [1.82, 2.24) is 25.1 Å². The number of nitrogens with zero attached hydrogens (tertiary/aromatic N) is 3. The Morgan fingerprint density at radius 3 is 2.75 bits per heavy atom. The van der Waals surface area contributed by atoms with Crippen LogP contribution in [0, 0.1) is 6.92 Å². The molecule has 0 radical (unpaired) electrons. The number of aryl methyl sites for hydroxylation is 1. The zero-order chi connectivity index (χ0) is 16.9. The van der Waals surface area contributed by atoms with E-state index < -0.39 is 0 Å². The van der Waals surface area contributed by atoms with Crippen LogP contribution in [0.4, 0.5) is 0 Å². The lowest BCUT2D eigenvalue weighted by Crippen LogP contribution is -2.32. The van der Waals surface area contributed by atoms with E-state index in [1.807, 2.05) is 50.4 Å². The van der Waals surface area contributed by atoms with E-state index in [2.05, 4.69) is 20.4 Å². The van der Waals surface area contributed by atoms with Crippen molar-refractivity contribution in [2.45, 2.75) is 32.9 Å².